The van der Waals surface area contributed by atoms with Crippen LogP contribution in [0.4, 0.5) is 13.2 Å². The van der Waals surface area contributed by atoms with Crippen molar-refractivity contribution in [1.82, 2.24) is 5.32 Å². The Morgan fingerprint density at radius 3 is 2.23 bits per heavy atom. The predicted octanol–water partition coefficient (Wildman–Crippen LogP) is 1.05. The summed E-state index contributed by atoms with van der Waals surface area (Å²) in [5.41, 5.74) is -2.68. The standard InChI is InChI=1S/C8H12F3NO/c9-8(10,11)7(13)3-6(4-7)1-2-12-5-6/h12-13H,1-5H2. The fourth-order valence-electron chi connectivity index (χ4n) is 2.49. The van der Waals surface area contributed by atoms with E-state index in [2.05, 4.69) is 5.32 Å². The van der Waals surface area contributed by atoms with Crippen LogP contribution < -0.4 is 5.32 Å². The monoisotopic (exact) mass is 195 g/mol. The summed E-state index contributed by atoms with van der Waals surface area (Å²) < 4.78 is 36.8. The number of alkyl halides is 3. The number of aliphatic hydroxyl groups is 1. The molecule has 1 aliphatic heterocycles. The van der Waals surface area contributed by atoms with Gasteiger partial charge in [-0.1, -0.05) is 0 Å². The van der Waals surface area contributed by atoms with Gasteiger partial charge in [-0.15, -0.1) is 0 Å². The fourth-order valence-corrected chi connectivity index (χ4v) is 2.49. The van der Waals surface area contributed by atoms with Gasteiger partial charge in [0.15, 0.2) is 5.60 Å². The molecule has 1 spiro atoms. The van der Waals surface area contributed by atoms with Crippen molar-refractivity contribution < 1.29 is 18.3 Å². The van der Waals surface area contributed by atoms with Crippen LogP contribution in [0, 0.1) is 5.41 Å². The topological polar surface area (TPSA) is 32.3 Å². The molecule has 13 heavy (non-hydrogen) atoms. The molecule has 0 radical (unpaired) electrons. The highest BCUT2D eigenvalue weighted by atomic mass is 19.4. The largest absolute Gasteiger partial charge is 0.417 e. The lowest BCUT2D eigenvalue weighted by Crippen LogP contribution is -2.61. The first kappa shape index (κ1) is 9.27. The van der Waals surface area contributed by atoms with E-state index in [0.717, 1.165) is 13.0 Å². The van der Waals surface area contributed by atoms with Crippen molar-refractivity contribution in [3.8, 4) is 0 Å². The van der Waals surface area contributed by atoms with Crippen molar-refractivity contribution in [3.63, 3.8) is 0 Å². The zero-order chi connectivity index (χ0) is 9.74. The van der Waals surface area contributed by atoms with Crippen LogP contribution in [0.15, 0.2) is 0 Å². The highest BCUT2D eigenvalue weighted by Crippen LogP contribution is 2.57. The molecule has 5 heteroatoms. The Morgan fingerprint density at radius 2 is 1.85 bits per heavy atom. The molecule has 0 atom stereocenters. The molecule has 0 aromatic rings. The third-order valence-corrected chi connectivity index (χ3v) is 3.19. The van der Waals surface area contributed by atoms with Crippen LogP contribution in [-0.2, 0) is 0 Å². The van der Waals surface area contributed by atoms with E-state index in [4.69, 9.17) is 0 Å². The third-order valence-electron chi connectivity index (χ3n) is 3.19. The van der Waals surface area contributed by atoms with Crippen LogP contribution >= 0.6 is 0 Å². The lowest BCUT2D eigenvalue weighted by atomic mass is 9.58. The molecule has 1 saturated carbocycles. The van der Waals surface area contributed by atoms with Gasteiger partial charge in [-0.2, -0.15) is 13.2 Å². The molecule has 2 rings (SSSR count). The van der Waals surface area contributed by atoms with Crippen LogP contribution in [-0.4, -0.2) is 30.0 Å². The number of halogens is 3. The molecule has 76 valence electrons. The zero-order valence-electron chi connectivity index (χ0n) is 7.12. The summed E-state index contributed by atoms with van der Waals surface area (Å²) in [6.07, 6.45) is -3.96. The molecule has 0 aromatic carbocycles. The number of nitrogens with one attached hydrogen (secondary N) is 1. The summed E-state index contributed by atoms with van der Waals surface area (Å²) in [6, 6.07) is 0. The first-order chi connectivity index (χ1) is 5.87. The molecular weight excluding hydrogens is 183 g/mol. The lowest BCUT2D eigenvalue weighted by molar-refractivity contribution is -0.313. The summed E-state index contributed by atoms with van der Waals surface area (Å²) in [4.78, 5) is 0. The maximum absolute atomic E-state index is 12.3. The molecule has 0 unspecified atom stereocenters. The minimum Gasteiger partial charge on any atom is -0.380 e. The zero-order valence-corrected chi connectivity index (χ0v) is 7.12. The molecule has 0 amide bonds. The van der Waals surface area contributed by atoms with Gasteiger partial charge < -0.3 is 10.4 Å². The smallest absolute Gasteiger partial charge is 0.380 e. The van der Waals surface area contributed by atoms with Crippen LogP contribution in [0.3, 0.4) is 0 Å². The Labute approximate surface area is 74.1 Å². The van der Waals surface area contributed by atoms with Gasteiger partial charge in [0.05, 0.1) is 0 Å². The van der Waals surface area contributed by atoms with Crippen molar-refractivity contribution in [2.45, 2.75) is 31.0 Å². The molecule has 2 aliphatic rings. The molecule has 2 N–H and O–H groups in total. The first-order valence-corrected chi connectivity index (χ1v) is 4.37. The van der Waals surface area contributed by atoms with E-state index in [1.165, 1.54) is 0 Å². The maximum atomic E-state index is 12.3. The lowest BCUT2D eigenvalue weighted by Gasteiger charge is -2.51. The normalized spacial score (nSPS) is 45.2. The quantitative estimate of drug-likeness (QED) is 0.605. The van der Waals surface area contributed by atoms with Gasteiger partial charge in [0.1, 0.15) is 0 Å². The third kappa shape index (κ3) is 1.25. The van der Waals surface area contributed by atoms with Crippen molar-refractivity contribution in [1.29, 1.82) is 0 Å². The van der Waals surface area contributed by atoms with Gasteiger partial charge in [-0.25, -0.2) is 0 Å². The van der Waals surface area contributed by atoms with Crippen molar-refractivity contribution in [2.75, 3.05) is 13.1 Å². The van der Waals surface area contributed by atoms with E-state index < -0.39 is 11.8 Å². The Balaban J connectivity index is 2.03. The Bertz CT molecular complexity index is 212. The second-order valence-corrected chi connectivity index (χ2v) is 4.31. The van der Waals surface area contributed by atoms with Crippen LogP contribution in [0.2, 0.25) is 0 Å². The Morgan fingerprint density at radius 1 is 1.23 bits per heavy atom. The summed E-state index contributed by atoms with van der Waals surface area (Å²) in [7, 11) is 0. The minimum absolute atomic E-state index is 0.128. The highest BCUT2D eigenvalue weighted by Gasteiger charge is 2.67. The van der Waals surface area contributed by atoms with Gasteiger partial charge in [0.2, 0.25) is 0 Å². The molecule has 1 aliphatic carbocycles. The van der Waals surface area contributed by atoms with Crippen LogP contribution in [0.1, 0.15) is 19.3 Å². The number of rotatable bonds is 0. The summed E-state index contributed by atoms with van der Waals surface area (Å²) in [5, 5.41) is 12.2. The Hall–Kier alpha value is -0.290. The summed E-state index contributed by atoms with van der Waals surface area (Å²) >= 11 is 0. The summed E-state index contributed by atoms with van der Waals surface area (Å²) in [6.45, 7) is 1.39. The van der Waals surface area contributed by atoms with Gasteiger partial charge in [-0.3, -0.25) is 0 Å². The summed E-state index contributed by atoms with van der Waals surface area (Å²) in [5.74, 6) is 0. The SMILES string of the molecule is OC1(C(F)(F)F)CC2(CCNC2)C1. The Kier molecular flexibility index (Phi) is 1.70. The van der Waals surface area contributed by atoms with Crippen LogP contribution in [0.25, 0.3) is 0 Å². The molecule has 0 aromatic heterocycles. The van der Waals surface area contributed by atoms with E-state index in [-0.39, 0.29) is 18.3 Å². The van der Waals surface area contributed by atoms with Gasteiger partial charge in [0.25, 0.3) is 0 Å². The average Bonchev–Trinajstić information content (AvgIpc) is 2.32. The van der Waals surface area contributed by atoms with E-state index in [9.17, 15) is 18.3 Å². The maximum Gasteiger partial charge on any atom is 0.417 e. The highest BCUT2D eigenvalue weighted by molar-refractivity contribution is 5.10. The number of hydrogen-bond donors (Lipinski definition) is 2. The molecule has 2 nitrogen and oxygen atoms in total. The molecule has 1 saturated heterocycles. The van der Waals surface area contributed by atoms with Crippen molar-refractivity contribution >= 4 is 0 Å². The molecule has 0 bridgehead atoms. The number of hydrogen-bond acceptors (Lipinski definition) is 2. The fraction of sp³-hybridized carbons (Fsp3) is 1.00. The van der Waals surface area contributed by atoms with Crippen LogP contribution in [0.5, 0.6) is 0 Å². The second-order valence-electron chi connectivity index (χ2n) is 4.31. The average molecular weight is 195 g/mol. The predicted molar refractivity (Wildman–Crippen MR) is 40.2 cm³/mol. The van der Waals surface area contributed by atoms with E-state index in [1.807, 2.05) is 0 Å². The minimum atomic E-state index is -4.46. The molecule has 2 fully saturated rings. The van der Waals surface area contributed by atoms with E-state index >= 15 is 0 Å². The molecular formula is C8H12F3NO. The van der Waals surface area contributed by atoms with Gasteiger partial charge in [-0.05, 0) is 31.2 Å². The van der Waals surface area contributed by atoms with Gasteiger partial charge in [0, 0.05) is 6.54 Å². The van der Waals surface area contributed by atoms with Crippen molar-refractivity contribution in [2.24, 2.45) is 5.41 Å². The molecule has 1 heterocycles. The van der Waals surface area contributed by atoms with Gasteiger partial charge >= 0.3 is 6.18 Å². The van der Waals surface area contributed by atoms with E-state index in [0.29, 0.717) is 6.54 Å². The van der Waals surface area contributed by atoms with E-state index in [1.54, 1.807) is 0 Å². The first-order valence-electron chi connectivity index (χ1n) is 4.37. The van der Waals surface area contributed by atoms with Crippen molar-refractivity contribution in [3.05, 3.63) is 0 Å². The second kappa shape index (κ2) is 2.39.